The Bertz CT molecular complexity index is 1230. The molecular weight excluding hydrogens is 418 g/mol. The number of rotatable bonds is 4. The second-order valence-electron chi connectivity index (χ2n) is 6.61. The van der Waals surface area contributed by atoms with Crippen LogP contribution in [0, 0.1) is 6.92 Å². The van der Waals surface area contributed by atoms with Crippen molar-refractivity contribution < 1.29 is 4.79 Å². The SMILES string of the molecule is CCn1c2ccccc2c2cc(/C=N\NC(=O)c3c(Br)c(C)nn3C)ccc21. The Hall–Kier alpha value is -2.93. The molecule has 0 radical (unpaired) electrons. The summed E-state index contributed by atoms with van der Waals surface area (Å²) in [6, 6.07) is 14.6. The summed E-state index contributed by atoms with van der Waals surface area (Å²) < 4.78 is 4.52. The van der Waals surface area contributed by atoms with E-state index in [4.69, 9.17) is 0 Å². The quantitative estimate of drug-likeness (QED) is 0.380. The van der Waals surface area contributed by atoms with E-state index < -0.39 is 0 Å². The number of aryl methyl sites for hydroxylation is 3. The zero-order valence-electron chi connectivity index (χ0n) is 15.9. The van der Waals surface area contributed by atoms with Gasteiger partial charge in [0, 0.05) is 35.4 Å². The fraction of sp³-hybridized carbons (Fsp3) is 0.190. The summed E-state index contributed by atoms with van der Waals surface area (Å²) in [5.41, 5.74) is 7.12. The Morgan fingerprint density at radius 1 is 1.21 bits per heavy atom. The lowest BCUT2D eigenvalue weighted by molar-refractivity contribution is 0.0945. The van der Waals surface area contributed by atoms with Gasteiger partial charge >= 0.3 is 0 Å². The number of nitrogens with zero attached hydrogens (tertiary/aromatic N) is 4. The van der Waals surface area contributed by atoms with Crippen LogP contribution in [0.4, 0.5) is 0 Å². The number of para-hydroxylation sites is 1. The molecule has 0 saturated heterocycles. The van der Waals surface area contributed by atoms with Crippen LogP contribution in [-0.2, 0) is 13.6 Å². The van der Waals surface area contributed by atoms with Crippen LogP contribution in [0.3, 0.4) is 0 Å². The number of hydrogen-bond acceptors (Lipinski definition) is 3. The fourth-order valence-corrected chi connectivity index (χ4v) is 4.11. The third-order valence-electron chi connectivity index (χ3n) is 4.86. The van der Waals surface area contributed by atoms with Crippen molar-refractivity contribution in [1.82, 2.24) is 19.8 Å². The molecule has 4 aromatic rings. The number of carbonyl (C=O) groups excluding carboxylic acids is 1. The number of hydrogen-bond donors (Lipinski definition) is 1. The van der Waals surface area contributed by atoms with Gasteiger partial charge < -0.3 is 4.57 Å². The molecule has 1 N–H and O–H groups in total. The predicted octanol–water partition coefficient (Wildman–Crippen LogP) is 4.38. The molecule has 0 aliphatic heterocycles. The highest BCUT2D eigenvalue weighted by Crippen LogP contribution is 2.29. The van der Waals surface area contributed by atoms with Gasteiger partial charge in [0.25, 0.3) is 5.91 Å². The van der Waals surface area contributed by atoms with Crippen LogP contribution in [0.15, 0.2) is 52.0 Å². The first kappa shape index (κ1) is 18.4. The van der Waals surface area contributed by atoms with E-state index in [1.807, 2.05) is 13.0 Å². The summed E-state index contributed by atoms with van der Waals surface area (Å²) in [4.78, 5) is 12.4. The zero-order valence-corrected chi connectivity index (χ0v) is 17.5. The Morgan fingerprint density at radius 3 is 2.68 bits per heavy atom. The van der Waals surface area contributed by atoms with Gasteiger partial charge in [-0.15, -0.1) is 0 Å². The Balaban J connectivity index is 1.63. The molecule has 6 nitrogen and oxygen atoms in total. The number of halogens is 1. The molecule has 7 heteroatoms. The molecule has 0 fully saturated rings. The third-order valence-corrected chi connectivity index (χ3v) is 5.81. The van der Waals surface area contributed by atoms with Gasteiger partial charge in [0.1, 0.15) is 5.69 Å². The molecule has 4 rings (SSSR count). The maximum Gasteiger partial charge on any atom is 0.290 e. The minimum atomic E-state index is -0.310. The van der Waals surface area contributed by atoms with Crippen molar-refractivity contribution in [1.29, 1.82) is 0 Å². The number of amides is 1. The summed E-state index contributed by atoms with van der Waals surface area (Å²) in [5, 5.41) is 10.8. The summed E-state index contributed by atoms with van der Waals surface area (Å²) >= 11 is 3.40. The Kier molecular flexibility index (Phi) is 4.77. The molecule has 0 atom stereocenters. The van der Waals surface area contributed by atoms with Crippen LogP contribution in [0.5, 0.6) is 0 Å². The lowest BCUT2D eigenvalue weighted by Crippen LogP contribution is -2.21. The number of nitrogens with one attached hydrogen (secondary N) is 1. The van der Waals surface area contributed by atoms with Gasteiger partial charge in [-0.1, -0.05) is 24.3 Å². The summed E-state index contributed by atoms with van der Waals surface area (Å²) in [7, 11) is 1.73. The molecule has 1 amide bonds. The second-order valence-corrected chi connectivity index (χ2v) is 7.40. The summed E-state index contributed by atoms with van der Waals surface area (Å²) in [6.45, 7) is 4.90. The first-order chi connectivity index (χ1) is 13.5. The van der Waals surface area contributed by atoms with Crippen molar-refractivity contribution >= 4 is 49.9 Å². The largest absolute Gasteiger partial charge is 0.341 e. The number of hydrazone groups is 1. The van der Waals surface area contributed by atoms with Crippen molar-refractivity contribution in [2.75, 3.05) is 0 Å². The summed E-state index contributed by atoms with van der Waals surface area (Å²) in [5.74, 6) is -0.310. The van der Waals surface area contributed by atoms with E-state index in [1.165, 1.54) is 26.5 Å². The van der Waals surface area contributed by atoms with Crippen LogP contribution in [-0.4, -0.2) is 26.5 Å². The molecule has 28 heavy (non-hydrogen) atoms. The topological polar surface area (TPSA) is 64.2 Å². The van der Waals surface area contributed by atoms with Crippen LogP contribution in [0.25, 0.3) is 21.8 Å². The molecule has 2 aromatic heterocycles. The van der Waals surface area contributed by atoms with Gasteiger partial charge in [-0.3, -0.25) is 9.48 Å². The second kappa shape index (κ2) is 7.24. The first-order valence-corrected chi connectivity index (χ1v) is 9.84. The lowest BCUT2D eigenvalue weighted by Gasteiger charge is -2.03. The minimum Gasteiger partial charge on any atom is -0.341 e. The Morgan fingerprint density at radius 2 is 1.96 bits per heavy atom. The molecule has 0 aliphatic carbocycles. The normalized spacial score (nSPS) is 11.7. The summed E-state index contributed by atoms with van der Waals surface area (Å²) in [6.07, 6.45) is 1.66. The molecule has 2 heterocycles. The number of carbonyl (C=O) groups is 1. The minimum absolute atomic E-state index is 0.310. The van der Waals surface area contributed by atoms with Crippen molar-refractivity contribution in [2.24, 2.45) is 12.1 Å². The van der Waals surface area contributed by atoms with Crippen molar-refractivity contribution in [3.63, 3.8) is 0 Å². The number of benzene rings is 2. The van der Waals surface area contributed by atoms with Crippen LogP contribution < -0.4 is 5.43 Å². The highest BCUT2D eigenvalue weighted by molar-refractivity contribution is 9.10. The molecule has 0 bridgehead atoms. The number of fused-ring (bicyclic) bond motifs is 3. The van der Waals surface area contributed by atoms with Crippen molar-refractivity contribution in [3.8, 4) is 0 Å². The lowest BCUT2D eigenvalue weighted by atomic mass is 10.1. The van der Waals surface area contributed by atoms with Crippen LogP contribution in [0.2, 0.25) is 0 Å². The Labute approximate surface area is 171 Å². The average molecular weight is 438 g/mol. The predicted molar refractivity (Wildman–Crippen MR) is 116 cm³/mol. The highest BCUT2D eigenvalue weighted by atomic mass is 79.9. The first-order valence-electron chi connectivity index (χ1n) is 9.04. The fourth-order valence-electron chi connectivity index (χ4n) is 3.59. The van der Waals surface area contributed by atoms with E-state index in [0.29, 0.717) is 10.2 Å². The van der Waals surface area contributed by atoms with Gasteiger partial charge in [-0.05, 0) is 53.5 Å². The monoisotopic (exact) mass is 437 g/mol. The van der Waals surface area contributed by atoms with E-state index in [-0.39, 0.29) is 5.91 Å². The van der Waals surface area contributed by atoms with E-state index in [0.717, 1.165) is 17.8 Å². The zero-order chi connectivity index (χ0) is 19.8. The number of aromatic nitrogens is 3. The maximum absolute atomic E-state index is 12.4. The average Bonchev–Trinajstić information content (AvgIpc) is 3.14. The van der Waals surface area contributed by atoms with Gasteiger partial charge in [0.2, 0.25) is 0 Å². The molecule has 0 spiro atoms. The molecule has 0 aliphatic rings. The molecule has 2 aromatic carbocycles. The van der Waals surface area contributed by atoms with Crippen molar-refractivity contribution in [3.05, 3.63) is 63.9 Å². The maximum atomic E-state index is 12.4. The van der Waals surface area contributed by atoms with Crippen molar-refractivity contribution in [2.45, 2.75) is 20.4 Å². The smallest absolute Gasteiger partial charge is 0.290 e. The van der Waals surface area contributed by atoms with E-state index >= 15 is 0 Å². The van der Waals surface area contributed by atoms with E-state index in [9.17, 15) is 4.79 Å². The highest BCUT2D eigenvalue weighted by Gasteiger charge is 2.17. The molecule has 0 unspecified atom stereocenters. The molecule has 0 saturated carbocycles. The van der Waals surface area contributed by atoms with Gasteiger partial charge in [-0.25, -0.2) is 5.43 Å². The standard InChI is InChI=1S/C21H20BrN5O/c1-4-27-17-8-6-5-7-15(17)16-11-14(9-10-18(16)27)12-23-24-21(28)20-19(22)13(2)25-26(20)3/h5-12H,4H2,1-3H3,(H,24,28)/b23-12-. The van der Waals surface area contributed by atoms with Gasteiger partial charge in [0.15, 0.2) is 0 Å². The van der Waals surface area contributed by atoms with E-state index in [2.05, 4.69) is 79.4 Å². The van der Waals surface area contributed by atoms with Crippen LogP contribution >= 0.6 is 15.9 Å². The van der Waals surface area contributed by atoms with Gasteiger partial charge in [0.05, 0.1) is 16.4 Å². The third kappa shape index (κ3) is 3.01. The van der Waals surface area contributed by atoms with Crippen LogP contribution in [0.1, 0.15) is 28.7 Å². The molecule has 142 valence electrons. The van der Waals surface area contributed by atoms with Gasteiger partial charge in [-0.2, -0.15) is 10.2 Å². The van der Waals surface area contributed by atoms with E-state index in [1.54, 1.807) is 13.3 Å². The molecular formula is C21H20BrN5O.